The van der Waals surface area contributed by atoms with Crippen LogP contribution in [-0.2, 0) is 0 Å². The summed E-state index contributed by atoms with van der Waals surface area (Å²) in [6, 6.07) is 9.01. The standard InChI is InChI=1S/C16H14Br2O3/c1-9-4-10(6-11(17)5-9)16(19)12-7-15(21-3)13(18)8-14(12)20-2/h4-8H,1-3H3. The molecule has 2 aromatic rings. The molecule has 0 aliphatic carbocycles. The molecule has 0 atom stereocenters. The van der Waals surface area contributed by atoms with Crippen LogP contribution in [0.5, 0.6) is 11.5 Å². The second-order valence-electron chi connectivity index (χ2n) is 4.53. The largest absolute Gasteiger partial charge is 0.496 e. The van der Waals surface area contributed by atoms with Crippen molar-refractivity contribution in [3.63, 3.8) is 0 Å². The molecule has 0 bridgehead atoms. The Bertz CT molecular complexity index is 676. The van der Waals surface area contributed by atoms with Crippen molar-refractivity contribution in [1.29, 1.82) is 0 Å². The van der Waals surface area contributed by atoms with Crippen molar-refractivity contribution in [2.24, 2.45) is 0 Å². The van der Waals surface area contributed by atoms with Gasteiger partial charge < -0.3 is 9.47 Å². The van der Waals surface area contributed by atoms with Crippen LogP contribution in [0.25, 0.3) is 0 Å². The number of hydrogen-bond donors (Lipinski definition) is 0. The highest BCUT2D eigenvalue weighted by Crippen LogP contribution is 2.34. The molecule has 2 aromatic carbocycles. The fourth-order valence-corrected chi connectivity index (χ4v) is 3.15. The van der Waals surface area contributed by atoms with E-state index >= 15 is 0 Å². The van der Waals surface area contributed by atoms with Crippen LogP contribution in [0.3, 0.4) is 0 Å². The highest BCUT2D eigenvalue weighted by atomic mass is 79.9. The fraction of sp³-hybridized carbons (Fsp3) is 0.188. The Labute approximate surface area is 140 Å². The third-order valence-electron chi connectivity index (χ3n) is 3.02. The Balaban J connectivity index is 2.56. The summed E-state index contributed by atoms with van der Waals surface area (Å²) in [7, 11) is 3.10. The number of methoxy groups -OCH3 is 2. The molecule has 0 aliphatic rings. The maximum absolute atomic E-state index is 12.7. The lowest BCUT2D eigenvalue weighted by molar-refractivity contribution is 0.103. The molecule has 0 aromatic heterocycles. The number of aryl methyl sites for hydroxylation is 1. The zero-order valence-electron chi connectivity index (χ0n) is 11.9. The van der Waals surface area contributed by atoms with E-state index in [1.54, 1.807) is 25.3 Å². The van der Waals surface area contributed by atoms with Gasteiger partial charge in [0.2, 0.25) is 0 Å². The van der Waals surface area contributed by atoms with Crippen LogP contribution < -0.4 is 9.47 Å². The normalized spacial score (nSPS) is 10.3. The molecular weight excluding hydrogens is 400 g/mol. The number of ether oxygens (including phenoxy) is 2. The van der Waals surface area contributed by atoms with Gasteiger partial charge in [0, 0.05) is 10.0 Å². The molecule has 0 fully saturated rings. The number of benzene rings is 2. The maximum Gasteiger partial charge on any atom is 0.196 e. The topological polar surface area (TPSA) is 35.5 Å². The summed E-state index contributed by atoms with van der Waals surface area (Å²) in [6.07, 6.45) is 0. The molecule has 0 heterocycles. The SMILES string of the molecule is COc1cc(C(=O)c2cc(C)cc(Br)c2)c(OC)cc1Br. The average Bonchev–Trinajstić information content (AvgIpc) is 2.45. The lowest BCUT2D eigenvalue weighted by Gasteiger charge is -2.12. The van der Waals surface area contributed by atoms with Gasteiger partial charge in [-0.1, -0.05) is 15.9 Å². The van der Waals surface area contributed by atoms with Crippen molar-refractivity contribution in [2.45, 2.75) is 6.92 Å². The third kappa shape index (κ3) is 3.47. The van der Waals surface area contributed by atoms with Crippen LogP contribution in [0, 0.1) is 6.92 Å². The minimum absolute atomic E-state index is 0.109. The molecule has 0 saturated heterocycles. The van der Waals surface area contributed by atoms with Crippen LogP contribution >= 0.6 is 31.9 Å². The zero-order chi connectivity index (χ0) is 15.6. The molecule has 0 N–H and O–H groups in total. The van der Waals surface area contributed by atoms with E-state index in [1.165, 1.54) is 7.11 Å². The summed E-state index contributed by atoms with van der Waals surface area (Å²) in [4.78, 5) is 12.7. The minimum atomic E-state index is -0.109. The number of carbonyl (C=O) groups excluding carboxylic acids is 1. The van der Waals surface area contributed by atoms with Gasteiger partial charge in [-0.25, -0.2) is 0 Å². The van der Waals surface area contributed by atoms with Crippen molar-refractivity contribution >= 4 is 37.6 Å². The maximum atomic E-state index is 12.7. The first-order chi connectivity index (χ1) is 9.96. The summed E-state index contributed by atoms with van der Waals surface area (Å²) in [5.74, 6) is 0.984. The molecule has 0 amide bonds. The molecule has 2 rings (SSSR count). The molecule has 3 nitrogen and oxygen atoms in total. The van der Waals surface area contributed by atoms with Crippen molar-refractivity contribution < 1.29 is 14.3 Å². The predicted octanol–water partition coefficient (Wildman–Crippen LogP) is 4.77. The molecule has 5 heteroatoms. The molecule has 0 radical (unpaired) electrons. The highest BCUT2D eigenvalue weighted by molar-refractivity contribution is 9.10. The Morgan fingerprint density at radius 1 is 0.952 bits per heavy atom. The Morgan fingerprint density at radius 2 is 1.62 bits per heavy atom. The van der Waals surface area contributed by atoms with Crippen molar-refractivity contribution in [3.05, 3.63) is 56.0 Å². The fourth-order valence-electron chi connectivity index (χ4n) is 2.06. The number of rotatable bonds is 4. The quantitative estimate of drug-likeness (QED) is 0.677. The Morgan fingerprint density at radius 3 is 2.19 bits per heavy atom. The Hall–Kier alpha value is -1.33. The van der Waals surface area contributed by atoms with E-state index < -0.39 is 0 Å². The zero-order valence-corrected chi connectivity index (χ0v) is 15.0. The van der Waals surface area contributed by atoms with Gasteiger partial charge in [0.25, 0.3) is 0 Å². The van der Waals surface area contributed by atoms with Gasteiger partial charge in [0.05, 0.1) is 24.3 Å². The van der Waals surface area contributed by atoms with Crippen LogP contribution in [0.1, 0.15) is 21.5 Å². The molecule has 0 unspecified atom stereocenters. The van der Waals surface area contributed by atoms with Gasteiger partial charge in [-0.15, -0.1) is 0 Å². The number of carbonyl (C=O) groups is 1. The third-order valence-corrected chi connectivity index (χ3v) is 4.10. The smallest absolute Gasteiger partial charge is 0.196 e. The lowest BCUT2D eigenvalue weighted by Crippen LogP contribution is -2.05. The number of ketones is 1. The second-order valence-corrected chi connectivity index (χ2v) is 6.30. The van der Waals surface area contributed by atoms with Crippen molar-refractivity contribution in [1.82, 2.24) is 0 Å². The minimum Gasteiger partial charge on any atom is -0.496 e. The van der Waals surface area contributed by atoms with E-state index in [9.17, 15) is 4.79 Å². The molecule has 0 spiro atoms. The van der Waals surface area contributed by atoms with Crippen molar-refractivity contribution in [2.75, 3.05) is 14.2 Å². The van der Waals surface area contributed by atoms with Gasteiger partial charge in [0.1, 0.15) is 11.5 Å². The van der Waals surface area contributed by atoms with Crippen LogP contribution in [0.4, 0.5) is 0 Å². The first-order valence-corrected chi connectivity index (χ1v) is 7.78. The van der Waals surface area contributed by atoms with Crippen LogP contribution in [0.2, 0.25) is 0 Å². The van der Waals surface area contributed by atoms with E-state index in [0.29, 0.717) is 22.6 Å². The molecule has 21 heavy (non-hydrogen) atoms. The van der Waals surface area contributed by atoms with Gasteiger partial charge in [-0.05, 0) is 58.7 Å². The van der Waals surface area contributed by atoms with Crippen LogP contribution in [0.15, 0.2) is 39.3 Å². The van der Waals surface area contributed by atoms with E-state index in [-0.39, 0.29) is 5.78 Å². The molecule has 0 aliphatic heterocycles. The van der Waals surface area contributed by atoms with E-state index in [1.807, 2.05) is 19.1 Å². The summed E-state index contributed by atoms with van der Waals surface area (Å²) < 4.78 is 12.2. The lowest BCUT2D eigenvalue weighted by atomic mass is 10.0. The van der Waals surface area contributed by atoms with Gasteiger partial charge in [-0.3, -0.25) is 4.79 Å². The molecule has 0 saturated carbocycles. The first kappa shape index (κ1) is 16.0. The number of halogens is 2. The van der Waals surface area contributed by atoms with Gasteiger partial charge >= 0.3 is 0 Å². The van der Waals surface area contributed by atoms with Gasteiger partial charge in [-0.2, -0.15) is 0 Å². The first-order valence-electron chi connectivity index (χ1n) is 6.19. The molecule has 110 valence electrons. The van der Waals surface area contributed by atoms with E-state index in [0.717, 1.165) is 14.5 Å². The molecular formula is C16H14Br2O3. The van der Waals surface area contributed by atoms with Gasteiger partial charge in [0.15, 0.2) is 5.78 Å². The summed E-state index contributed by atoms with van der Waals surface area (Å²) in [6.45, 7) is 1.95. The van der Waals surface area contributed by atoms with Crippen LogP contribution in [-0.4, -0.2) is 20.0 Å². The monoisotopic (exact) mass is 412 g/mol. The second kappa shape index (κ2) is 6.62. The van der Waals surface area contributed by atoms with E-state index in [4.69, 9.17) is 9.47 Å². The Kier molecular flexibility index (Phi) is 5.06. The predicted molar refractivity (Wildman–Crippen MR) is 89.6 cm³/mol. The summed E-state index contributed by atoms with van der Waals surface area (Å²) >= 11 is 6.80. The number of hydrogen-bond acceptors (Lipinski definition) is 3. The van der Waals surface area contributed by atoms with E-state index in [2.05, 4.69) is 31.9 Å². The highest BCUT2D eigenvalue weighted by Gasteiger charge is 2.18. The summed E-state index contributed by atoms with van der Waals surface area (Å²) in [5, 5.41) is 0. The summed E-state index contributed by atoms with van der Waals surface area (Å²) in [5.41, 5.74) is 2.08. The average molecular weight is 414 g/mol. The van der Waals surface area contributed by atoms with Crippen molar-refractivity contribution in [3.8, 4) is 11.5 Å².